The predicted octanol–water partition coefficient (Wildman–Crippen LogP) is 1.50. The van der Waals surface area contributed by atoms with Gasteiger partial charge in [-0.1, -0.05) is 12.5 Å². The summed E-state index contributed by atoms with van der Waals surface area (Å²) in [5.41, 5.74) is 6.14. The molecule has 1 heterocycles. The zero-order valence-electron chi connectivity index (χ0n) is 11.9. The molecule has 2 rings (SSSR count). The number of nitro groups is 1. The number of anilines is 1. The van der Waals surface area contributed by atoms with Gasteiger partial charge in [0.15, 0.2) is 6.29 Å². The number of β-amino-alcohol motifs (C(OH)–C–C–N with tert-alkyl or cyclic N) is 1. The molecule has 21 heavy (non-hydrogen) atoms. The van der Waals surface area contributed by atoms with Crippen LogP contribution in [0.4, 0.5) is 11.4 Å². The number of hydrogen-bond donors (Lipinski definition) is 2. The molecular formula is C14H21N3O4. The molecule has 1 atom stereocenters. The van der Waals surface area contributed by atoms with Crippen molar-refractivity contribution < 1.29 is 14.8 Å². The van der Waals surface area contributed by atoms with Crippen LogP contribution in [0.1, 0.15) is 24.8 Å². The summed E-state index contributed by atoms with van der Waals surface area (Å²) in [6, 6.07) is 4.52. The van der Waals surface area contributed by atoms with Crippen LogP contribution in [0.3, 0.4) is 0 Å². The number of rotatable bonds is 6. The van der Waals surface area contributed by atoms with Crippen LogP contribution in [0.2, 0.25) is 0 Å². The molecule has 7 nitrogen and oxygen atoms in total. The van der Waals surface area contributed by atoms with Crippen molar-refractivity contribution in [2.45, 2.75) is 32.2 Å². The molecule has 1 aliphatic heterocycles. The first-order chi connectivity index (χ1) is 10.1. The Hall–Kier alpha value is -1.70. The van der Waals surface area contributed by atoms with Gasteiger partial charge in [0.25, 0.3) is 5.69 Å². The van der Waals surface area contributed by atoms with Crippen LogP contribution in [0.25, 0.3) is 0 Å². The van der Waals surface area contributed by atoms with Gasteiger partial charge >= 0.3 is 0 Å². The Morgan fingerprint density at radius 1 is 1.38 bits per heavy atom. The summed E-state index contributed by atoms with van der Waals surface area (Å²) in [6.45, 7) is 2.55. The molecule has 1 aliphatic rings. The smallest absolute Gasteiger partial charge is 0.292 e. The van der Waals surface area contributed by atoms with E-state index in [-0.39, 0.29) is 18.0 Å². The number of aliphatic hydroxyl groups is 1. The number of nitrogen functional groups attached to an aromatic ring is 1. The van der Waals surface area contributed by atoms with Gasteiger partial charge in [-0.2, -0.15) is 0 Å². The monoisotopic (exact) mass is 295 g/mol. The zero-order chi connectivity index (χ0) is 15.2. The molecule has 0 saturated carbocycles. The maximum atomic E-state index is 10.8. The lowest BCUT2D eigenvalue weighted by Gasteiger charge is -2.28. The van der Waals surface area contributed by atoms with Crippen molar-refractivity contribution in [3.63, 3.8) is 0 Å². The van der Waals surface area contributed by atoms with Gasteiger partial charge in [-0.05, 0) is 37.6 Å². The lowest BCUT2D eigenvalue weighted by atomic mass is 10.1. The van der Waals surface area contributed by atoms with E-state index in [0.29, 0.717) is 12.1 Å². The fourth-order valence-corrected chi connectivity index (χ4v) is 2.45. The van der Waals surface area contributed by atoms with Gasteiger partial charge in [-0.3, -0.25) is 15.0 Å². The Kier molecular flexibility index (Phi) is 5.49. The minimum atomic E-state index is -0.889. The van der Waals surface area contributed by atoms with Crippen molar-refractivity contribution in [1.82, 2.24) is 4.90 Å². The Morgan fingerprint density at radius 3 is 2.76 bits per heavy atom. The fourth-order valence-electron chi connectivity index (χ4n) is 2.45. The number of likely N-dealkylation sites (tertiary alicyclic amines) is 1. The molecule has 0 aromatic heterocycles. The number of benzene rings is 1. The first-order valence-corrected chi connectivity index (χ1v) is 7.11. The Balaban J connectivity index is 1.84. The number of hydrogen-bond acceptors (Lipinski definition) is 6. The van der Waals surface area contributed by atoms with Crippen molar-refractivity contribution in [2.24, 2.45) is 0 Å². The van der Waals surface area contributed by atoms with Gasteiger partial charge in [0, 0.05) is 12.6 Å². The minimum absolute atomic E-state index is 0.121. The average Bonchev–Trinajstić information content (AvgIpc) is 2.47. The Morgan fingerprint density at radius 2 is 2.10 bits per heavy atom. The van der Waals surface area contributed by atoms with E-state index < -0.39 is 11.2 Å². The maximum Gasteiger partial charge on any atom is 0.292 e. The zero-order valence-corrected chi connectivity index (χ0v) is 11.9. The topological polar surface area (TPSA) is 102 Å². The highest BCUT2D eigenvalue weighted by molar-refractivity contribution is 5.59. The fraction of sp³-hybridized carbons (Fsp3) is 0.571. The number of aliphatic hydroxyl groups excluding tert-OH is 1. The van der Waals surface area contributed by atoms with Crippen LogP contribution in [0.5, 0.6) is 0 Å². The third-order valence-corrected chi connectivity index (χ3v) is 3.60. The molecule has 1 saturated heterocycles. The quantitative estimate of drug-likeness (QED) is 0.357. The van der Waals surface area contributed by atoms with E-state index in [1.165, 1.54) is 18.6 Å². The maximum absolute atomic E-state index is 10.8. The normalized spacial score (nSPS) is 17.6. The molecule has 3 N–H and O–H groups in total. The van der Waals surface area contributed by atoms with Crippen molar-refractivity contribution in [3.05, 3.63) is 33.9 Å². The van der Waals surface area contributed by atoms with E-state index >= 15 is 0 Å². The van der Waals surface area contributed by atoms with Gasteiger partial charge in [-0.15, -0.1) is 0 Å². The van der Waals surface area contributed by atoms with E-state index in [2.05, 4.69) is 4.90 Å². The average molecular weight is 295 g/mol. The van der Waals surface area contributed by atoms with Crippen LogP contribution in [-0.2, 0) is 11.3 Å². The first-order valence-electron chi connectivity index (χ1n) is 7.11. The molecule has 0 spiro atoms. The van der Waals surface area contributed by atoms with E-state index in [9.17, 15) is 15.2 Å². The van der Waals surface area contributed by atoms with Crippen molar-refractivity contribution in [3.8, 4) is 0 Å². The van der Waals surface area contributed by atoms with Crippen LogP contribution >= 0.6 is 0 Å². The highest BCUT2D eigenvalue weighted by atomic mass is 16.6. The number of nitrogens with zero attached hydrogens (tertiary/aromatic N) is 2. The molecular weight excluding hydrogens is 274 g/mol. The number of nitro benzene ring substituents is 1. The summed E-state index contributed by atoms with van der Waals surface area (Å²) >= 11 is 0. The van der Waals surface area contributed by atoms with E-state index in [0.717, 1.165) is 25.9 Å². The molecule has 0 bridgehead atoms. The summed E-state index contributed by atoms with van der Waals surface area (Å²) < 4.78 is 5.36. The van der Waals surface area contributed by atoms with Crippen LogP contribution in [0.15, 0.2) is 18.2 Å². The van der Waals surface area contributed by atoms with Crippen LogP contribution in [0, 0.1) is 10.1 Å². The molecule has 1 fully saturated rings. The van der Waals surface area contributed by atoms with E-state index in [1.807, 2.05) is 0 Å². The molecule has 116 valence electrons. The summed E-state index contributed by atoms with van der Waals surface area (Å²) in [6.07, 6.45) is 2.65. The second-order valence-electron chi connectivity index (χ2n) is 5.28. The minimum Gasteiger partial charge on any atom is -0.393 e. The summed E-state index contributed by atoms with van der Waals surface area (Å²) in [5.74, 6) is 0. The Bertz CT molecular complexity index is 489. The number of ether oxygens (including phenoxy) is 1. The lowest BCUT2D eigenvalue weighted by Crippen LogP contribution is -2.37. The number of nitrogens with two attached hydrogens (primary N) is 1. The molecule has 1 aromatic carbocycles. The molecule has 0 radical (unpaired) electrons. The molecule has 7 heteroatoms. The molecule has 0 amide bonds. The predicted molar refractivity (Wildman–Crippen MR) is 78.6 cm³/mol. The summed E-state index contributed by atoms with van der Waals surface area (Å²) in [5, 5.41) is 20.7. The van der Waals surface area contributed by atoms with Crippen LogP contribution in [-0.4, -0.2) is 40.9 Å². The van der Waals surface area contributed by atoms with Crippen molar-refractivity contribution >= 4 is 11.4 Å². The first kappa shape index (κ1) is 15.7. The van der Waals surface area contributed by atoms with Gasteiger partial charge in [-0.25, -0.2) is 0 Å². The van der Waals surface area contributed by atoms with Crippen molar-refractivity contribution in [2.75, 3.05) is 25.4 Å². The van der Waals surface area contributed by atoms with E-state index in [1.54, 1.807) is 6.07 Å². The third kappa shape index (κ3) is 4.66. The van der Waals surface area contributed by atoms with Gasteiger partial charge in [0.05, 0.1) is 11.5 Å². The standard InChI is InChI=1S/C14H21N3O4/c15-12-5-4-11(8-13(12)17(19)20)10-21-14(18)9-16-6-2-1-3-7-16/h4-5,8,14,18H,1-3,6-7,9-10,15H2. The molecule has 1 unspecified atom stereocenters. The summed E-state index contributed by atoms with van der Waals surface area (Å²) in [7, 11) is 0. The largest absolute Gasteiger partial charge is 0.393 e. The van der Waals surface area contributed by atoms with Gasteiger partial charge in [0.1, 0.15) is 5.69 Å². The lowest BCUT2D eigenvalue weighted by molar-refractivity contribution is -0.384. The molecule has 0 aliphatic carbocycles. The van der Waals surface area contributed by atoms with E-state index in [4.69, 9.17) is 10.5 Å². The third-order valence-electron chi connectivity index (χ3n) is 3.60. The Labute approximate surface area is 123 Å². The van der Waals surface area contributed by atoms with Crippen LogP contribution < -0.4 is 5.73 Å². The summed E-state index contributed by atoms with van der Waals surface area (Å²) in [4.78, 5) is 12.4. The SMILES string of the molecule is Nc1ccc(COC(O)CN2CCCCC2)cc1[N+](=O)[O-]. The van der Waals surface area contributed by atoms with Gasteiger partial charge < -0.3 is 15.6 Å². The second kappa shape index (κ2) is 7.35. The number of piperidine rings is 1. The highest BCUT2D eigenvalue weighted by Gasteiger charge is 2.16. The molecule has 1 aromatic rings. The van der Waals surface area contributed by atoms with Gasteiger partial charge in [0.2, 0.25) is 0 Å². The second-order valence-corrected chi connectivity index (χ2v) is 5.28. The highest BCUT2D eigenvalue weighted by Crippen LogP contribution is 2.22. The van der Waals surface area contributed by atoms with Crippen molar-refractivity contribution in [1.29, 1.82) is 0 Å².